The number of carbonyl (C=O) groups is 1. The van der Waals surface area contributed by atoms with Crippen LogP contribution in [0.3, 0.4) is 0 Å². The van der Waals surface area contributed by atoms with Gasteiger partial charge in [0.05, 0.1) is 4.88 Å². The van der Waals surface area contributed by atoms with Crippen LogP contribution in [0.15, 0.2) is 34.1 Å². The maximum atomic E-state index is 10.5. The van der Waals surface area contributed by atoms with E-state index in [2.05, 4.69) is 15.9 Å². The highest BCUT2D eigenvalue weighted by molar-refractivity contribution is 9.10. The van der Waals surface area contributed by atoms with Gasteiger partial charge in [-0.15, -0.1) is 11.3 Å². The first-order valence-electron chi connectivity index (χ1n) is 4.22. The minimum absolute atomic E-state index is 0.207. The van der Waals surface area contributed by atoms with Gasteiger partial charge in [0.15, 0.2) is 6.29 Å². The third-order valence-corrected chi connectivity index (χ3v) is 3.27. The lowest BCUT2D eigenvalue weighted by Gasteiger charge is -2.00. The van der Waals surface area contributed by atoms with Gasteiger partial charge in [-0.05, 0) is 40.8 Å². The number of halogens is 1. The molecule has 4 heteroatoms. The van der Waals surface area contributed by atoms with Crippen LogP contribution in [0.5, 0.6) is 5.75 Å². The summed E-state index contributed by atoms with van der Waals surface area (Å²) in [5, 5.41) is 11.3. The Labute approximate surface area is 99.3 Å². The van der Waals surface area contributed by atoms with Gasteiger partial charge in [0.2, 0.25) is 0 Å². The molecule has 0 saturated heterocycles. The Hall–Kier alpha value is -1.13. The summed E-state index contributed by atoms with van der Waals surface area (Å²) in [5.41, 5.74) is 1.84. The van der Waals surface area contributed by atoms with Crippen LogP contribution >= 0.6 is 27.3 Å². The van der Waals surface area contributed by atoms with Gasteiger partial charge in [0.25, 0.3) is 0 Å². The first-order chi connectivity index (χ1) is 7.19. The molecule has 2 rings (SSSR count). The first kappa shape index (κ1) is 10.4. The predicted octanol–water partition coefficient (Wildman–Crippen LogP) is 3.70. The van der Waals surface area contributed by atoms with Crippen molar-refractivity contribution in [3.8, 4) is 16.9 Å². The Kier molecular flexibility index (Phi) is 2.88. The Morgan fingerprint density at radius 1 is 1.20 bits per heavy atom. The van der Waals surface area contributed by atoms with Gasteiger partial charge in [-0.3, -0.25) is 4.79 Å². The van der Waals surface area contributed by atoms with Crippen molar-refractivity contribution < 1.29 is 9.90 Å². The van der Waals surface area contributed by atoms with E-state index in [0.717, 1.165) is 21.9 Å². The van der Waals surface area contributed by atoms with Crippen molar-refractivity contribution in [3.63, 3.8) is 0 Å². The molecule has 1 heterocycles. The molecule has 0 fully saturated rings. The maximum absolute atomic E-state index is 10.5. The Balaban J connectivity index is 2.48. The molecule has 76 valence electrons. The van der Waals surface area contributed by atoms with E-state index in [1.807, 2.05) is 11.4 Å². The van der Waals surface area contributed by atoms with Crippen LogP contribution in [0.2, 0.25) is 0 Å². The number of aldehydes is 1. The number of aromatic hydroxyl groups is 1. The Morgan fingerprint density at radius 3 is 2.60 bits per heavy atom. The van der Waals surface area contributed by atoms with Crippen LogP contribution in [0.1, 0.15) is 9.67 Å². The van der Waals surface area contributed by atoms with Gasteiger partial charge >= 0.3 is 0 Å². The molecular weight excluding hydrogens is 276 g/mol. The zero-order valence-corrected chi connectivity index (χ0v) is 10.0. The number of phenols is 1. The van der Waals surface area contributed by atoms with Crippen molar-refractivity contribution in [3.05, 3.63) is 39.0 Å². The maximum Gasteiger partial charge on any atom is 0.160 e. The molecule has 15 heavy (non-hydrogen) atoms. The highest BCUT2D eigenvalue weighted by Crippen LogP contribution is 2.30. The van der Waals surface area contributed by atoms with E-state index in [1.54, 1.807) is 18.2 Å². The number of benzene rings is 1. The second-order valence-electron chi connectivity index (χ2n) is 3.05. The van der Waals surface area contributed by atoms with Gasteiger partial charge in [0.1, 0.15) is 5.75 Å². The minimum Gasteiger partial charge on any atom is -0.508 e. The van der Waals surface area contributed by atoms with Crippen LogP contribution in [0.4, 0.5) is 0 Å². The van der Waals surface area contributed by atoms with Crippen molar-refractivity contribution in [1.82, 2.24) is 0 Å². The fourth-order valence-electron chi connectivity index (χ4n) is 1.31. The third kappa shape index (κ3) is 2.27. The van der Waals surface area contributed by atoms with Gasteiger partial charge in [-0.1, -0.05) is 15.9 Å². The van der Waals surface area contributed by atoms with E-state index >= 15 is 0 Å². The molecular formula is C11H7BrO2S. The molecule has 0 amide bonds. The lowest BCUT2D eigenvalue weighted by molar-refractivity contribution is 0.112. The summed E-state index contributed by atoms with van der Waals surface area (Å²) in [6.45, 7) is 0. The summed E-state index contributed by atoms with van der Waals surface area (Å²) in [4.78, 5) is 11.2. The van der Waals surface area contributed by atoms with E-state index in [9.17, 15) is 9.90 Å². The standard InChI is InChI=1S/C11H7BrO2S/c12-9-1-7(2-10(14)4-9)8-3-11(5-13)15-6-8/h1-6,14H. The quantitative estimate of drug-likeness (QED) is 0.853. The lowest BCUT2D eigenvalue weighted by Crippen LogP contribution is -1.75. The fraction of sp³-hybridized carbons (Fsp3) is 0. The number of carbonyl (C=O) groups excluding carboxylic acids is 1. The van der Waals surface area contributed by atoms with Gasteiger partial charge in [0, 0.05) is 4.47 Å². The molecule has 0 aliphatic carbocycles. The smallest absolute Gasteiger partial charge is 0.160 e. The molecule has 0 radical (unpaired) electrons. The van der Waals surface area contributed by atoms with Crippen molar-refractivity contribution in [1.29, 1.82) is 0 Å². The molecule has 1 aromatic carbocycles. The molecule has 0 aliphatic heterocycles. The molecule has 1 N–H and O–H groups in total. The number of phenolic OH excluding ortho intramolecular Hbond substituents is 1. The normalized spacial score (nSPS) is 10.2. The zero-order valence-electron chi connectivity index (χ0n) is 7.61. The van der Waals surface area contributed by atoms with Gasteiger partial charge in [-0.25, -0.2) is 0 Å². The summed E-state index contributed by atoms with van der Waals surface area (Å²) in [6, 6.07) is 6.99. The van der Waals surface area contributed by atoms with E-state index in [1.165, 1.54) is 11.3 Å². The van der Waals surface area contributed by atoms with Gasteiger partial charge in [-0.2, -0.15) is 0 Å². The molecule has 0 atom stereocenters. The second kappa shape index (κ2) is 4.16. The molecule has 0 unspecified atom stereocenters. The van der Waals surface area contributed by atoms with Crippen LogP contribution in [0, 0.1) is 0 Å². The SMILES string of the molecule is O=Cc1cc(-c2cc(O)cc(Br)c2)cs1. The summed E-state index contributed by atoms with van der Waals surface area (Å²) in [5.74, 6) is 0.207. The van der Waals surface area contributed by atoms with Crippen molar-refractivity contribution in [2.45, 2.75) is 0 Å². The molecule has 0 saturated carbocycles. The van der Waals surface area contributed by atoms with E-state index in [4.69, 9.17) is 0 Å². The number of hydrogen-bond donors (Lipinski definition) is 1. The average Bonchev–Trinajstić information content (AvgIpc) is 2.64. The monoisotopic (exact) mass is 282 g/mol. The highest BCUT2D eigenvalue weighted by atomic mass is 79.9. The number of thiophene rings is 1. The van der Waals surface area contributed by atoms with Crippen molar-refractivity contribution in [2.75, 3.05) is 0 Å². The van der Waals surface area contributed by atoms with E-state index in [0.29, 0.717) is 4.88 Å². The van der Waals surface area contributed by atoms with Crippen LogP contribution in [-0.2, 0) is 0 Å². The van der Waals surface area contributed by atoms with Crippen LogP contribution in [-0.4, -0.2) is 11.4 Å². The van der Waals surface area contributed by atoms with Crippen LogP contribution < -0.4 is 0 Å². The topological polar surface area (TPSA) is 37.3 Å². The summed E-state index contributed by atoms with van der Waals surface area (Å²) >= 11 is 4.70. The first-order valence-corrected chi connectivity index (χ1v) is 5.90. The van der Waals surface area contributed by atoms with E-state index < -0.39 is 0 Å². The summed E-state index contributed by atoms with van der Waals surface area (Å²) in [7, 11) is 0. The van der Waals surface area contributed by atoms with E-state index in [-0.39, 0.29) is 5.75 Å². The predicted molar refractivity (Wildman–Crippen MR) is 64.5 cm³/mol. The Bertz CT molecular complexity index is 485. The van der Waals surface area contributed by atoms with Crippen LogP contribution in [0.25, 0.3) is 11.1 Å². The van der Waals surface area contributed by atoms with Gasteiger partial charge < -0.3 is 5.11 Å². The fourth-order valence-corrected chi connectivity index (χ4v) is 2.51. The number of rotatable bonds is 2. The summed E-state index contributed by atoms with van der Waals surface area (Å²) < 4.78 is 0.816. The number of hydrogen-bond acceptors (Lipinski definition) is 3. The molecule has 0 bridgehead atoms. The average molecular weight is 283 g/mol. The minimum atomic E-state index is 0.207. The van der Waals surface area contributed by atoms with Crippen molar-refractivity contribution >= 4 is 33.6 Å². The summed E-state index contributed by atoms with van der Waals surface area (Å²) in [6.07, 6.45) is 0.825. The molecule has 2 aromatic rings. The molecule has 0 spiro atoms. The highest BCUT2D eigenvalue weighted by Gasteiger charge is 2.04. The molecule has 1 aromatic heterocycles. The van der Waals surface area contributed by atoms with Crippen molar-refractivity contribution in [2.24, 2.45) is 0 Å². The third-order valence-electron chi connectivity index (χ3n) is 1.95. The lowest BCUT2D eigenvalue weighted by atomic mass is 10.1. The zero-order chi connectivity index (χ0) is 10.8. The molecule has 0 aliphatic rings. The largest absolute Gasteiger partial charge is 0.508 e. The Morgan fingerprint density at radius 2 is 2.00 bits per heavy atom. The second-order valence-corrected chi connectivity index (χ2v) is 4.91. The molecule has 2 nitrogen and oxygen atoms in total.